The molecule has 2 aromatic carbocycles. The number of hydrogen-bond acceptors (Lipinski definition) is 5. The highest BCUT2D eigenvalue weighted by Crippen LogP contribution is 2.22. The van der Waals surface area contributed by atoms with Crippen LogP contribution < -0.4 is 0 Å². The Bertz CT molecular complexity index is 741. The van der Waals surface area contributed by atoms with Crippen LogP contribution in [0.1, 0.15) is 6.92 Å². The summed E-state index contributed by atoms with van der Waals surface area (Å²) in [5.74, 6) is -1.37. The van der Waals surface area contributed by atoms with E-state index < -0.39 is 5.97 Å². The van der Waals surface area contributed by atoms with Crippen molar-refractivity contribution in [3.05, 3.63) is 53.9 Å². The number of halogens is 1. The summed E-state index contributed by atoms with van der Waals surface area (Å²) in [5.41, 5.74) is 0.271. The van der Waals surface area contributed by atoms with Crippen LogP contribution in [0.5, 0.6) is 0 Å². The van der Waals surface area contributed by atoms with Crippen LogP contribution >= 0.6 is 11.6 Å². The number of rotatable bonds is 5. The van der Waals surface area contributed by atoms with Gasteiger partial charge in [0.1, 0.15) is 5.76 Å². The van der Waals surface area contributed by atoms with Gasteiger partial charge in [0.15, 0.2) is 0 Å². The number of esters is 1. The molecule has 0 amide bonds. The lowest BCUT2D eigenvalue weighted by Gasteiger charge is -2.03. The van der Waals surface area contributed by atoms with Gasteiger partial charge in [-0.05, 0) is 29.8 Å². The molecule has 0 aliphatic rings. The first-order chi connectivity index (χ1) is 10.7. The maximum atomic E-state index is 11.7. The van der Waals surface area contributed by atoms with Crippen molar-refractivity contribution in [3.63, 3.8) is 0 Å². The molecule has 22 heavy (non-hydrogen) atoms. The van der Waals surface area contributed by atoms with Gasteiger partial charge >= 0.3 is 5.97 Å². The number of nitrogens with zero attached hydrogens (tertiary/aromatic N) is 2. The zero-order chi connectivity index (χ0) is 15.9. The zero-order valence-electron chi connectivity index (χ0n) is 12.0. The summed E-state index contributed by atoms with van der Waals surface area (Å²) in [5, 5.41) is 19.5. The fraction of sp³-hybridized carbons (Fsp3) is 0.188. The number of aliphatic hydroxyl groups excluding tert-OH is 1. The lowest BCUT2D eigenvalue weighted by atomic mass is 10.1. The van der Waals surface area contributed by atoms with E-state index in [2.05, 4.69) is 10.2 Å². The molecule has 0 bridgehead atoms. The summed E-state index contributed by atoms with van der Waals surface area (Å²) >= 11 is 5.53. The van der Waals surface area contributed by atoms with Gasteiger partial charge in [0.25, 0.3) is 0 Å². The van der Waals surface area contributed by atoms with Gasteiger partial charge in [-0.2, -0.15) is 5.11 Å². The summed E-state index contributed by atoms with van der Waals surface area (Å²) in [6, 6.07) is 13.3. The summed E-state index contributed by atoms with van der Waals surface area (Å²) in [7, 11) is 0. The van der Waals surface area contributed by atoms with Crippen molar-refractivity contribution < 1.29 is 14.6 Å². The van der Waals surface area contributed by atoms with Crippen LogP contribution in [-0.2, 0) is 9.53 Å². The molecule has 114 valence electrons. The first kappa shape index (κ1) is 16.0. The van der Waals surface area contributed by atoms with Crippen LogP contribution in [-0.4, -0.2) is 23.6 Å². The Morgan fingerprint density at radius 3 is 2.64 bits per heavy atom. The van der Waals surface area contributed by atoms with E-state index in [-0.39, 0.29) is 23.9 Å². The van der Waals surface area contributed by atoms with E-state index in [1.54, 1.807) is 13.0 Å². The van der Waals surface area contributed by atoms with Gasteiger partial charge in [0.05, 0.1) is 18.2 Å². The van der Waals surface area contributed by atoms with E-state index in [0.29, 0.717) is 5.69 Å². The Labute approximate surface area is 132 Å². The van der Waals surface area contributed by atoms with E-state index in [9.17, 15) is 9.90 Å². The number of benzene rings is 2. The summed E-state index contributed by atoms with van der Waals surface area (Å²) in [6.07, 6.45) is 0. The minimum absolute atomic E-state index is 0.170. The highest BCUT2D eigenvalue weighted by molar-refractivity contribution is 6.19. The van der Waals surface area contributed by atoms with Crippen LogP contribution in [0.25, 0.3) is 10.8 Å². The molecule has 0 saturated carbocycles. The third-order valence-electron chi connectivity index (χ3n) is 2.87. The molecule has 5 nitrogen and oxygen atoms in total. The molecule has 2 rings (SSSR count). The molecular formula is C16H15ClN2O3. The van der Waals surface area contributed by atoms with E-state index in [1.165, 1.54) is 0 Å². The second-order valence-electron chi connectivity index (χ2n) is 4.38. The lowest BCUT2D eigenvalue weighted by molar-refractivity contribution is -0.138. The van der Waals surface area contributed by atoms with Gasteiger partial charge in [-0.15, -0.1) is 16.7 Å². The number of carbonyl (C=O) groups excluding carboxylic acids is 1. The second-order valence-corrected chi connectivity index (χ2v) is 4.65. The van der Waals surface area contributed by atoms with Crippen molar-refractivity contribution in [3.8, 4) is 0 Å². The van der Waals surface area contributed by atoms with Crippen LogP contribution in [0.15, 0.2) is 64.1 Å². The Morgan fingerprint density at radius 2 is 1.95 bits per heavy atom. The van der Waals surface area contributed by atoms with Crippen molar-refractivity contribution in [2.24, 2.45) is 10.2 Å². The van der Waals surface area contributed by atoms with E-state index in [1.807, 2.05) is 36.4 Å². The van der Waals surface area contributed by atoms with Gasteiger partial charge in [-0.25, -0.2) is 4.79 Å². The van der Waals surface area contributed by atoms with Gasteiger partial charge in [0, 0.05) is 0 Å². The molecular weight excluding hydrogens is 304 g/mol. The fourth-order valence-electron chi connectivity index (χ4n) is 1.83. The minimum atomic E-state index is -0.759. The fourth-order valence-corrected chi connectivity index (χ4v) is 1.95. The largest absolute Gasteiger partial charge is 0.508 e. The van der Waals surface area contributed by atoms with Crippen molar-refractivity contribution >= 4 is 34.0 Å². The number of alkyl halides is 1. The first-order valence-electron chi connectivity index (χ1n) is 6.71. The van der Waals surface area contributed by atoms with Crippen molar-refractivity contribution in [2.75, 3.05) is 12.5 Å². The van der Waals surface area contributed by atoms with Gasteiger partial charge in [-0.3, -0.25) is 0 Å². The maximum Gasteiger partial charge on any atom is 0.362 e. The molecule has 0 fully saturated rings. The number of hydrogen-bond donors (Lipinski definition) is 1. The highest BCUT2D eigenvalue weighted by atomic mass is 35.5. The Balaban J connectivity index is 2.31. The standard InChI is InChI=1S/C16H15ClN2O3/c1-2-22-16(21)15(14(20)10-17)19-18-13-8-7-11-5-3-4-6-12(11)9-13/h3-9,20H,2,10H2,1H3/b15-14+,19-18?. The average Bonchev–Trinajstić information content (AvgIpc) is 2.54. The highest BCUT2D eigenvalue weighted by Gasteiger charge is 2.16. The third-order valence-corrected chi connectivity index (χ3v) is 3.12. The molecule has 0 aromatic heterocycles. The Morgan fingerprint density at radius 1 is 1.23 bits per heavy atom. The number of allylic oxidation sites excluding steroid dienone is 1. The topological polar surface area (TPSA) is 71.2 Å². The molecule has 0 unspecified atom stereocenters. The lowest BCUT2D eigenvalue weighted by Crippen LogP contribution is -2.09. The molecule has 0 aliphatic carbocycles. The Hall–Kier alpha value is -2.40. The van der Waals surface area contributed by atoms with E-state index >= 15 is 0 Å². The SMILES string of the molecule is CCOC(=O)/C(N=Nc1ccc2ccccc2c1)=C(\O)CCl. The predicted molar refractivity (Wildman–Crippen MR) is 85.5 cm³/mol. The average molecular weight is 319 g/mol. The van der Waals surface area contributed by atoms with Gasteiger partial charge < -0.3 is 9.84 Å². The van der Waals surface area contributed by atoms with E-state index in [0.717, 1.165) is 10.8 Å². The molecule has 0 atom stereocenters. The van der Waals surface area contributed by atoms with Crippen LogP contribution in [0.4, 0.5) is 5.69 Å². The summed E-state index contributed by atoms with van der Waals surface area (Å²) in [6.45, 7) is 1.83. The second kappa shape index (κ2) is 7.56. The van der Waals surface area contributed by atoms with Crippen molar-refractivity contribution in [1.29, 1.82) is 0 Å². The molecule has 0 radical (unpaired) electrons. The molecule has 1 N–H and O–H groups in total. The number of fused-ring (bicyclic) bond motifs is 1. The first-order valence-corrected chi connectivity index (χ1v) is 7.25. The minimum Gasteiger partial charge on any atom is -0.508 e. The number of aliphatic hydroxyl groups is 1. The predicted octanol–water partition coefficient (Wildman–Crippen LogP) is 4.50. The number of ether oxygens (including phenoxy) is 1. The number of azo groups is 1. The summed E-state index contributed by atoms with van der Waals surface area (Å²) in [4.78, 5) is 11.7. The Kier molecular flexibility index (Phi) is 5.49. The van der Waals surface area contributed by atoms with Gasteiger partial charge in [-0.1, -0.05) is 30.3 Å². The van der Waals surface area contributed by atoms with Crippen LogP contribution in [0, 0.1) is 0 Å². The third kappa shape index (κ3) is 3.83. The molecule has 0 saturated heterocycles. The molecule has 0 heterocycles. The smallest absolute Gasteiger partial charge is 0.362 e. The molecule has 6 heteroatoms. The number of carbonyl (C=O) groups is 1. The molecule has 2 aromatic rings. The van der Waals surface area contributed by atoms with Crippen LogP contribution in [0.3, 0.4) is 0 Å². The summed E-state index contributed by atoms with van der Waals surface area (Å²) < 4.78 is 4.82. The molecule has 0 spiro atoms. The van der Waals surface area contributed by atoms with Crippen molar-refractivity contribution in [1.82, 2.24) is 0 Å². The normalized spacial score (nSPS) is 12.5. The van der Waals surface area contributed by atoms with Crippen molar-refractivity contribution in [2.45, 2.75) is 6.92 Å². The molecule has 0 aliphatic heterocycles. The monoisotopic (exact) mass is 318 g/mol. The quantitative estimate of drug-likeness (QED) is 0.290. The zero-order valence-corrected chi connectivity index (χ0v) is 12.7. The van der Waals surface area contributed by atoms with Crippen LogP contribution in [0.2, 0.25) is 0 Å². The van der Waals surface area contributed by atoms with Gasteiger partial charge in [0.2, 0.25) is 5.70 Å². The van der Waals surface area contributed by atoms with E-state index in [4.69, 9.17) is 16.3 Å². The maximum absolute atomic E-state index is 11.7.